The van der Waals surface area contributed by atoms with Crippen molar-refractivity contribution in [2.75, 3.05) is 6.54 Å². The van der Waals surface area contributed by atoms with Crippen molar-refractivity contribution in [2.24, 2.45) is 11.8 Å². The number of carbonyl (C=O) groups excluding carboxylic acids is 1. The van der Waals surface area contributed by atoms with Crippen LogP contribution in [0.5, 0.6) is 0 Å². The third kappa shape index (κ3) is 3.46. The number of hydrogen-bond donors (Lipinski definition) is 2. The van der Waals surface area contributed by atoms with Gasteiger partial charge in [0.05, 0.1) is 5.60 Å². The highest BCUT2D eigenvalue weighted by atomic mass is 16.3. The van der Waals surface area contributed by atoms with Crippen LogP contribution in [0.3, 0.4) is 0 Å². The number of carbonyl (C=O) groups is 1. The lowest BCUT2D eigenvalue weighted by Gasteiger charge is -2.35. The molecule has 114 valence electrons. The average molecular weight is 287 g/mol. The summed E-state index contributed by atoms with van der Waals surface area (Å²) in [5, 5.41) is 13.5. The second kappa shape index (κ2) is 5.80. The zero-order chi connectivity index (χ0) is 14.9. The molecule has 2 fully saturated rings. The largest absolute Gasteiger partial charge is 0.388 e. The fraction of sp³-hybridized carbons (Fsp3) is 0.611. The average Bonchev–Trinajstić information content (AvgIpc) is 3.26. The summed E-state index contributed by atoms with van der Waals surface area (Å²) in [5.41, 5.74) is 0.562. The van der Waals surface area contributed by atoms with Crippen molar-refractivity contribution in [1.82, 2.24) is 5.32 Å². The van der Waals surface area contributed by atoms with Gasteiger partial charge in [-0.05, 0) is 36.7 Å². The fourth-order valence-corrected chi connectivity index (χ4v) is 3.73. The summed E-state index contributed by atoms with van der Waals surface area (Å²) < 4.78 is 0. The minimum absolute atomic E-state index is 0.0945. The number of hydrogen-bond acceptors (Lipinski definition) is 2. The van der Waals surface area contributed by atoms with Crippen molar-refractivity contribution in [2.45, 2.75) is 50.5 Å². The minimum atomic E-state index is -0.690. The molecule has 2 aliphatic rings. The summed E-state index contributed by atoms with van der Waals surface area (Å²) >= 11 is 0. The highest BCUT2D eigenvalue weighted by Gasteiger charge is 2.44. The highest BCUT2D eigenvalue weighted by Crippen LogP contribution is 2.47. The molecule has 21 heavy (non-hydrogen) atoms. The minimum Gasteiger partial charge on any atom is -0.388 e. The lowest BCUT2D eigenvalue weighted by Crippen LogP contribution is -2.46. The number of benzene rings is 1. The van der Waals surface area contributed by atoms with Crippen LogP contribution in [-0.2, 0) is 4.79 Å². The molecule has 2 saturated carbocycles. The van der Waals surface area contributed by atoms with Gasteiger partial charge in [-0.3, -0.25) is 4.79 Å². The molecule has 0 spiro atoms. The van der Waals surface area contributed by atoms with Gasteiger partial charge in [-0.2, -0.15) is 0 Å². The molecule has 0 aliphatic heterocycles. The van der Waals surface area contributed by atoms with E-state index in [4.69, 9.17) is 0 Å². The van der Waals surface area contributed by atoms with Crippen molar-refractivity contribution >= 4 is 5.91 Å². The Balaban J connectivity index is 1.50. The molecule has 0 heterocycles. The zero-order valence-corrected chi connectivity index (χ0v) is 12.7. The van der Waals surface area contributed by atoms with Crippen LogP contribution in [0, 0.1) is 11.8 Å². The van der Waals surface area contributed by atoms with Crippen LogP contribution in [0.15, 0.2) is 30.3 Å². The standard InChI is InChI=1S/C18H25NO2/c1-13-6-5-9-18(21,11-13)12-19-17(20)16-10-15(16)14-7-3-2-4-8-14/h2-4,7-8,13,15-16,21H,5-6,9-12H2,1H3,(H,19,20). The molecule has 3 heteroatoms. The smallest absolute Gasteiger partial charge is 0.223 e. The van der Waals surface area contributed by atoms with E-state index in [0.717, 1.165) is 25.7 Å². The number of rotatable bonds is 4. The summed E-state index contributed by atoms with van der Waals surface area (Å²) in [7, 11) is 0. The SMILES string of the molecule is CC1CCCC(O)(CNC(=O)C2CC2c2ccccc2)C1. The molecule has 3 rings (SSSR count). The van der Waals surface area contributed by atoms with Gasteiger partial charge < -0.3 is 10.4 Å². The number of nitrogens with one attached hydrogen (secondary N) is 1. The first-order valence-electron chi connectivity index (χ1n) is 8.12. The lowest BCUT2D eigenvalue weighted by atomic mass is 9.79. The molecule has 4 unspecified atom stereocenters. The van der Waals surface area contributed by atoms with E-state index in [0.29, 0.717) is 18.4 Å². The van der Waals surface area contributed by atoms with Crippen molar-refractivity contribution < 1.29 is 9.90 Å². The summed E-state index contributed by atoms with van der Waals surface area (Å²) in [6, 6.07) is 10.2. The molecular formula is C18H25NO2. The fourth-order valence-electron chi connectivity index (χ4n) is 3.73. The second-order valence-corrected chi connectivity index (χ2v) is 7.00. The van der Waals surface area contributed by atoms with E-state index >= 15 is 0 Å². The molecule has 4 atom stereocenters. The predicted octanol–water partition coefficient (Wildman–Crippen LogP) is 2.85. The van der Waals surface area contributed by atoms with Gasteiger partial charge in [0, 0.05) is 12.5 Å². The van der Waals surface area contributed by atoms with Crippen molar-refractivity contribution in [3.8, 4) is 0 Å². The zero-order valence-electron chi connectivity index (χ0n) is 12.7. The molecule has 0 radical (unpaired) electrons. The van der Waals surface area contributed by atoms with E-state index < -0.39 is 5.60 Å². The Labute approximate surface area is 126 Å². The molecule has 3 nitrogen and oxygen atoms in total. The van der Waals surface area contributed by atoms with E-state index in [1.807, 2.05) is 18.2 Å². The van der Waals surface area contributed by atoms with E-state index in [2.05, 4.69) is 24.4 Å². The summed E-state index contributed by atoms with van der Waals surface area (Å²) in [5.74, 6) is 1.12. The van der Waals surface area contributed by atoms with E-state index in [-0.39, 0.29) is 11.8 Å². The molecule has 1 aromatic carbocycles. The summed E-state index contributed by atoms with van der Waals surface area (Å²) in [4.78, 5) is 12.2. The van der Waals surface area contributed by atoms with E-state index in [9.17, 15) is 9.90 Å². The number of amides is 1. The van der Waals surface area contributed by atoms with Gasteiger partial charge in [0.25, 0.3) is 0 Å². The third-order valence-electron chi connectivity index (χ3n) is 5.01. The van der Waals surface area contributed by atoms with Crippen LogP contribution < -0.4 is 5.32 Å². The van der Waals surface area contributed by atoms with Crippen molar-refractivity contribution in [1.29, 1.82) is 0 Å². The maximum absolute atomic E-state index is 12.2. The first-order chi connectivity index (χ1) is 10.1. The Morgan fingerprint density at radius 1 is 1.38 bits per heavy atom. The topological polar surface area (TPSA) is 49.3 Å². The second-order valence-electron chi connectivity index (χ2n) is 7.00. The van der Waals surface area contributed by atoms with Crippen LogP contribution in [0.25, 0.3) is 0 Å². The van der Waals surface area contributed by atoms with Crippen LogP contribution in [-0.4, -0.2) is 23.2 Å². The van der Waals surface area contributed by atoms with Crippen molar-refractivity contribution in [3.63, 3.8) is 0 Å². The Bertz CT molecular complexity index is 501. The molecular weight excluding hydrogens is 262 g/mol. The molecule has 0 aromatic heterocycles. The third-order valence-corrected chi connectivity index (χ3v) is 5.01. The molecule has 0 saturated heterocycles. The molecule has 2 aliphatic carbocycles. The normalized spacial score (nSPS) is 35.2. The predicted molar refractivity (Wildman–Crippen MR) is 82.9 cm³/mol. The lowest BCUT2D eigenvalue weighted by molar-refractivity contribution is -0.124. The summed E-state index contributed by atoms with van der Waals surface area (Å²) in [6.07, 6.45) is 4.80. The van der Waals surface area contributed by atoms with Gasteiger partial charge >= 0.3 is 0 Å². The van der Waals surface area contributed by atoms with E-state index in [1.165, 1.54) is 12.0 Å². The maximum Gasteiger partial charge on any atom is 0.223 e. The first-order valence-corrected chi connectivity index (χ1v) is 8.12. The van der Waals surface area contributed by atoms with Gasteiger partial charge in [-0.1, -0.05) is 50.1 Å². The monoisotopic (exact) mass is 287 g/mol. The van der Waals surface area contributed by atoms with Crippen LogP contribution in [0.2, 0.25) is 0 Å². The first kappa shape index (κ1) is 14.6. The molecule has 2 N–H and O–H groups in total. The highest BCUT2D eigenvalue weighted by molar-refractivity contribution is 5.82. The van der Waals surface area contributed by atoms with Gasteiger partial charge in [-0.15, -0.1) is 0 Å². The van der Waals surface area contributed by atoms with E-state index in [1.54, 1.807) is 0 Å². The van der Waals surface area contributed by atoms with Gasteiger partial charge in [0.1, 0.15) is 0 Å². The Kier molecular flexibility index (Phi) is 4.03. The van der Waals surface area contributed by atoms with Crippen molar-refractivity contribution in [3.05, 3.63) is 35.9 Å². The molecule has 0 bridgehead atoms. The van der Waals surface area contributed by atoms with Gasteiger partial charge in [0.15, 0.2) is 0 Å². The molecule has 1 aromatic rings. The Morgan fingerprint density at radius 2 is 2.14 bits per heavy atom. The quantitative estimate of drug-likeness (QED) is 0.894. The molecule has 1 amide bonds. The van der Waals surface area contributed by atoms with Gasteiger partial charge in [0.2, 0.25) is 5.91 Å². The maximum atomic E-state index is 12.2. The summed E-state index contributed by atoms with van der Waals surface area (Å²) in [6.45, 7) is 2.59. The Morgan fingerprint density at radius 3 is 2.86 bits per heavy atom. The Hall–Kier alpha value is -1.35. The number of aliphatic hydroxyl groups is 1. The van der Waals surface area contributed by atoms with Crippen LogP contribution in [0.4, 0.5) is 0 Å². The van der Waals surface area contributed by atoms with Crippen LogP contribution >= 0.6 is 0 Å². The van der Waals surface area contributed by atoms with Crippen LogP contribution in [0.1, 0.15) is 50.5 Å². The van der Waals surface area contributed by atoms with Gasteiger partial charge in [-0.25, -0.2) is 0 Å².